The molecule has 0 amide bonds. The predicted molar refractivity (Wildman–Crippen MR) is 61.8 cm³/mol. The second-order valence-electron chi connectivity index (χ2n) is 4.21. The van der Waals surface area contributed by atoms with E-state index < -0.39 is 10.0 Å². The van der Waals surface area contributed by atoms with E-state index in [2.05, 4.69) is 14.9 Å². The maximum atomic E-state index is 11.9. The molecule has 2 rings (SSSR count). The molecule has 17 heavy (non-hydrogen) atoms. The highest BCUT2D eigenvalue weighted by Gasteiger charge is 2.38. The van der Waals surface area contributed by atoms with Gasteiger partial charge in [-0.2, -0.15) is 5.10 Å². The number of nitrogens with one attached hydrogen (secondary N) is 2. The molecular weight excluding hydrogens is 244 g/mol. The van der Waals surface area contributed by atoms with Crippen molar-refractivity contribution in [1.82, 2.24) is 14.9 Å². The third-order valence-corrected chi connectivity index (χ3v) is 4.63. The van der Waals surface area contributed by atoms with Gasteiger partial charge >= 0.3 is 0 Å². The van der Waals surface area contributed by atoms with E-state index in [9.17, 15) is 8.42 Å². The first-order valence-electron chi connectivity index (χ1n) is 5.33. The number of nitrogens with two attached hydrogens (primary N) is 1. The van der Waals surface area contributed by atoms with Crippen LogP contribution < -0.4 is 10.5 Å². The van der Waals surface area contributed by atoms with E-state index in [0.717, 1.165) is 19.3 Å². The van der Waals surface area contributed by atoms with E-state index in [1.165, 1.54) is 6.20 Å². The summed E-state index contributed by atoms with van der Waals surface area (Å²) in [7, 11) is -2.02. The Morgan fingerprint density at radius 3 is 2.76 bits per heavy atom. The van der Waals surface area contributed by atoms with E-state index in [1.807, 2.05) is 0 Å². The molecule has 8 heteroatoms. The predicted octanol–water partition coefficient (Wildman–Crippen LogP) is -0.161. The van der Waals surface area contributed by atoms with Crippen molar-refractivity contribution in [2.24, 2.45) is 0 Å². The number of aromatic amines is 1. The largest absolute Gasteiger partial charge is 0.383 e. The Morgan fingerprint density at radius 2 is 2.35 bits per heavy atom. The van der Waals surface area contributed by atoms with Crippen molar-refractivity contribution in [3.63, 3.8) is 0 Å². The number of rotatable bonds is 5. The zero-order valence-electron chi connectivity index (χ0n) is 9.56. The van der Waals surface area contributed by atoms with Gasteiger partial charge in [-0.3, -0.25) is 5.10 Å². The number of hydrogen-bond acceptors (Lipinski definition) is 5. The number of sulfonamides is 1. The fourth-order valence-corrected chi connectivity index (χ4v) is 2.96. The van der Waals surface area contributed by atoms with Crippen LogP contribution in [0.15, 0.2) is 11.1 Å². The minimum atomic E-state index is -3.62. The average molecular weight is 260 g/mol. The second kappa shape index (κ2) is 4.28. The molecule has 96 valence electrons. The van der Waals surface area contributed by atoms with Crippen molar-refractivity contribution >= 4 is 15.8 Å². The minimum Gasteiger partial charge on any atom is -0.383 e. The number of hydrogen-bond donors (Lipinski definition) is 3. The number of aromatic nitrogens is 2. The van der Waals surface area contributed by atoms with Crippen LogP contribution >= 0.6 is 0 Å². The van der Waals surface area contributed by atoms with E-state index in [4.69, 9.17) is 10.5 Å². The first kappa shape index (κ1) is 12.3. The van der Waals surface area contributed by atoms with Crippen LogP contribution in [-0.4, -0.2) is 37.9 Å². The monoisotopic (exact) mass is 260 g/mol. The lowest BCUT2D eigenvalue weighted by Crippen LogP contribution is -2.49. The maximum Gasteiger partial charge on any atom is 0.245 e. The summed E-state index contributed by atoms with van der Waals surface area (Å²) < 4.78 is 31.7. The zero-order chi connectivity index (χ0) is 12.5. The van der Waals surface area contributed by atoms with Gasteiger partial charge in [-0.15, -0.1) is 0 Å². The number of ether oxygens (including phenoxy) is 1. The molecule has 1 aromatic rings. The summed E-state index contributed by atoms with van der Waals surface area (Å²) in [5, 5.41) is 5.98. The highest BCUT2D eigenvalue weighted by Crippen LogP contribution is 2.34. The number of anilines is 1. The quantitative estimate of drug-likeness (QED) is 0.681. The fraction of sp³-hybridized carbons (Fsp3) is 0.667. The van der Waals surface area contributed by atoms with Gasteiger partial charge in [0.05, 0.1) is 11.8 Å². The van der Waals surface area contributed by atoms with Crippen LogP contribution in [-0.2, 0) is 14.8 Å². The molecule has 0 bridgehead atoms. The molecule has 1 aliphatic rings. The van der Waals surface area contributed by atoms with Gasteiger partial charge in [0.2, 0.25) is 10.0 Å². The van der Waals surface area contributed by atoms with Crippen molar-refractivity contribution in [3.05, 3.63) is 6.20 Å². The molecular formula is C9H16N4O3S. The Morgan fingerprint density at radius 1 is 1.65 bits per heavy atom. The lowest BCUT2D eigenvalue weighted by Gasteiger charge is -2.40. The normalized spacial score (nSPS) is 18.9. The Hall–Kier alpha value is -1.12. The van der Waals surface area contributed by atoms with Crippen LogP contribution in [0, 0.1) is 0 Å². The summed E-state index contributed by atoms with van der Waals surface area (Å²) in [6.07, 6.45) is 3.99. The second-order valence-corrected chi connectivity index (χ2v) is 5.95. The average Bonchev–Trinajstić information content (AvgIpc) is 2.64. The number of nitrogen functional groups attached to an aromatic ring is 1. The standard InChI is InChI=1S/C9H16N4O3S/c1-16-9(3-2-4-9)6-12-17(14,15)7-5-11-13-8(7)10/h5,12H,2-4,6H2,1H3,(H3,10,11,13). The van der Waals surface area contributed by atoms with Crippen molar-refractivity contribution in [3.8, 4) is 0 Å². The Labute approximate surface area is 99.8 Å². The van der Waals surface area contributed by atoms with Gasteiger partial charge in [-0.05, 0) is 19.3 Å². The minimum absolute atomic E-state index is 0.0249. The van der Waals surface area contributed by atoms with E-state index in [0.29, 0.717) is 0 Å². The van der Waals surface area contributed by atoms with Crippen LogP contribution in [0.4, 0.5) is 5.82 Å². The SMILES string of the molecule is COC1(CNS(=O)(=O)c2cn[nH]c2N)CCC1. The fourth-order valence-electron chi connectivity index (χ4n) is 1.83. The molecule has 1 saturated carbocycles. The number of nitrogens with zero attached hydrogens (tertiary/aromatic N) is 1. The van der Waals surface area contributed by atoms with Crippen LogP contribution in [0.3, 0.4) is 0 Å². The Bertz CT molecular complexity index is 487. The van der Waals surface area contributed by atoms with Gasteiger partial charge in [-0.25, -0.2) is 13.1 Å². The molecule has 7 nitrogen and oxygen atoms in total. The lowest BCUT2D eigenvalue weighted by atomic mass is 9.80. The molecule has 0 aromatic carbocycles. The van der Waals surface area contributed by atoms with Crippen molar-refractivity contribution in [2.75, 3.05) is 19.4 Å². The third-order valence-electron chi connectivity index (χ3n) is 3.20. The van der Waals surface area contributed by atoms with Crippen LogP contribution in [0.2, 0.25) is 0 Å². The summed E-state index contributed by atoms with van der Waals surface area (Å²) in [6, 6.07) is 0. The molecule has 1 aliphatic carbocycles. The van der Waals surface area contributed by atoms with Gasteiger partial charge in [0, 0.05) is 13.7 Å². The molecule has 0 atom stereocenters. The van der Waals surface area contributed by atoms with Crippen LogP contribution in [0.25, 0.3) is 0 Å². The summed E-state index contributed by atoms with van der Waals surface area (Å²) in [5.41, 5.74) is 5.12. The zero-order valence-corrected chi connectivity index (χ0v) is 10.4. The molecule has 0 spiro atoms. The van der Waals surface area contributed by atoms with E-state index >= 15 is 0 Å². The first-order chi connectivity index (χ1) is 7.99. The molecule has 1 heterocycles. The molecule has 0 aliphatic heterocycles. The van der Waals surface area contributed by atoms with E-state index in [1.54, 1.807) is 7.11 Å². The third kappa shape index (κ3) is 2.28. The van der Waals surface area contributed by atoms with E-state index in [-0.39, 0.29) is 22.9 Å². The van der Waals surface area contributed by atoms with Crippen molar-refractivity contribution in [1.29, 1.82) is 0 Å². The highest BCUT2D eigenvalue weighted by molar-refractivity contribution is 7.89. The first-order valence-corrected chi connectivity index (χ1v) is 6.81. The maximum absolute atomic E-state index is 11.9. The van der Waals surface area contributed by atoms with Crippen LogP contribution in [0.1, 0.15) is 19.3 Å². The van der Waals surface area contributed by atoms with Gasteiger partial charge < -0.3 is 10.5 Å². The highest BCUT2D eigenvalue weighted by atomic mass is 32.2. The number of H-pyrrole nitrogens is 1. The lowest BCUT2D eigenvalue weighted by molar-refractivity contribution is -0.0659. The van der Waals surface area contributed by atoms with Gasteiger partial charge in [0.25, 0.3) is 0 Å². The molecule has 1 aromatic heterocycles. The van der Waals surface area contributed by atoms with Gasteiger partial charge in [0.1, 0.15) is 10.7 Å². The summed E-state index contributed by atoms with van der Waals surface area (Å²) in [6.45, 7) is 0.260. The molecule has 4 N–H and O–H groups in total. The summed E-state index contributed by atoms with van der Waals surface area (Å²) >= 11 is 0. The van der Waals surface area contributed by atoms with Crippen molar-refractivity contribution in [2.45, 2.75) is 29.8 Å². The number of methoxy groups -OCH3 is 1. The molecule has 1 fully saturated rings. The Kier molecular flexibility index (Phi) is 3.11. The smallest absolute Gasteiger partial charge is 0.245 e. The van der Waals surface area contributed by atoms with Gasteiger partial charge in [0.15, 0.2) is 0 Å². The topological polar surface area (TPSA) is 110 Å². The summed E-state index contributed by atoms with van der Waals surface area (Å²) in [5.74, 6) is 0.0394. The molecule has 0 saturated heterocycles. The molecule has 0 radical (unpaired) electrons. The van der Waals surface area contributed by atoms with Gasteiger partial charge in [-0.1, -0.05) is 0 Å². The van der Waals surface area contributed by atoms with Crippen molar-refractivity contribution < 1.29 is 13.2 Å². The van der Waals surface area contributed by atoms with Crippen LogP contribution in [0.5, 0.6) is 0 Å². The summed E-state index contributed by atoms with van der Waals surface area (Å²) in [4.78, 5) is -0.0249. The molecule has 0 unspecified atom stereocenters. The Balaban J connectivity index is 2.06.